The summed E-state index contributed by atoms with van der Waals surface area (Å²) in [4.78, 5) is 0. The summed E-state index contributed by atoms with van der Waals surface area (Å²) in [6.07, 6.45) is 0. The van der Waals surface area contributed by atoms with Crippen molar-refractivity contribution in [1.82, 2.24) is 0 Å². The van der Waals surface area contributed by atoms with Crippen molar-refractivity contribution in [2.75, 3.05) is 0 Å². The number of halogens is 8. The van der Waals surface area contributed by atoms with Crippen molar-refractivity contribution < 1.29 is 9.47 Å². The van der Waals surface area contributed by atoms with E-state index in [4.69, 9.17) is 102 Å². The minimum Gasteiger partial charge on any atom is -0.301 e. The summed E-state index contributed by atoms with van der Waals surface area (Å²) in [6, 6.07) is 0. The Bertz CT molecular complexity index is 198. The van der Waals surface area contributed by atoms with Gasteiger partial charge in [-0.15, -0.1) is 0 Å². The lowest BCUT2D eigenvalue weighted by Gasteiger charge is -2.47. The van der Waals surface area contributed by atoms with Crippen molar-refractivity contribution in [2.45, 2.75) is 18.1 Å². The maximum atomic E-state index is 5.54. The van der Waals surface area contributed by atoms with E-state index in [-0.39, 0.29) is 0 Å². The second-order valence-electron chi connectivity index (χ2n) is 2.27. The smallest absolute Gasteiger partial charge is 0.279 e. The fourth-order valence-corrected chi connectivity index (χ4v) is 2.11. The number of rotatable bonds is 0. The second-order valence-corrected chi connectivity index (χ2v) is 7.30. The lowest BCUT2D eigenvalue weighted by molar-refractivity contribution is -0.180. The molecule has 0 aliphatic carbocycles. The molecule has 0 radical (unpaired) electrons. The molecule has 84 valence electrons. The highest BCUT2D eigenvalue weighted by Crippen LogP contribution is 2.60. The van der Waals surface area contributed by atoms with Crippen LogP contribution >= 0.6 is 92.8 Å². The van der Waals surface area contributed by atoms with Crippen LogP contribution in [0.25, 0.3) is 0 Å². The molecule has 0 atom stereocenters. The highest BCUT2D eigenvalue weighted by Gasteiger charge is 2.69. The van der Waals surface area contributed by atoms with Crippen molar-refractivity contribution in [3.63, 3.8) is 0 Å². The molecule has 1 aliphatic rings. The van der Waals surface area contributed by atoms with E-state index in [1.165, 1.54) is 0 Å². The summed E-state index contributed by atoms with van der Waals surface area (Å²) < 4.78 is 0.540. The Balaban J connectivity index is 3.07. The largest absolute Gasteiger partial charge is 0.301 e. The van der Waals surface area contributed by atoms with Crippen molar-refractivity contribution in [2.24, 2.45) is 0 Å². The monoisotopic (exact) mass is 360 g/mol. The quantitative estimate of drug-likeness (QED) is 0.587. The third-order valence-electron chi connectivity index (χ3n) is 1.19. The fraction of sp³-hybridized carbons (Fsp3) is 1.00. The first-order valence-corrected chi connectivity index (χ1v) is 5.85. The Morgan fingerprint density at radius 2 is 0.571 bits per heavy atom. The predicted octanol–water partition coefficient (Wildman–Crippen LogP) is 4.56. The molecule has 0 aromatic rings. The minimum absolute atomic E-state index is 2.22. The van der Waals surface area contributed by atoms with Crippen molar-refractivity contribution in [3.8, 4) is 0 Å². The van der Waals surface area contributed by atoms with E-state index in [0.717, 1.165) is 0 Å². The van der Waals surface area contributed by atoms with Crippen LogP contribution in [0.2, 0.25) is 0 Å². The normalized spacial score (nSPS) is 32.6. The number of ether oxygens (including phenoxy) is 2. The molecule has 1 aliphatic heterocycles. The average molecular weight is 364 g/mol. The van der Waals surface area contributed by atoms with Crippen LogP contribution in [0.15, 0.2) is 0 Å². The lowest BCUT2D eigenvalue weighted by atomic mass is 10.6. The van der Waals surface area contributed by atoms with Gasteiger partial charge in [0, 0.05) is 0 Å². The van der Waals surface area contributed by atoms with Crippen LogP contribution in [-0.4, -0.2) is 18.1 Å². The van der Waals surface area contributed by atoms with Crippen molar-refractivity contribution >= 4 is 92.8 Å². The maximum absolute atomic E-state index is 5.54. The molecule has 14 heavy (non-hydrogen) atoms. The van der Waals surface area contributed by atoms with Gasteiger partial charge < -0.3 is 9.47 Å². The van der Waals surface area contributed by atoms with Gasteiger partial charge in [-0.25, -0.2) is 0 Å². The molecule has 0 saturated carbocycles. The van der Waals surface area contributed by atoms with Gasteiger partial charge in [0.05, 0.1) is 0 Å². The molecule has 1 saturated heterocycles. The van der Waals surface area contributed by atoms with Gasteiger partial charge >= 0.3 is 0 Å². The van der Waals surface area contributed by atoms with Gasteiger partial charge in [-0.1, -0.05) is 92.8 Å². The van der Waals surface area contributed by atoms with Crippen LogP contribution in [0.5, 0.6) is 0 Å². The molecule has 2 nitrogen and oxygen atoms in total. The summed E-state index contributed by atoms with van der Waals surface area (Å²) in [5.41, 5.74) is 0. The van der Waals surface area contributed by atoms with Crippen LogP contribution in [0.3, 0.4) is 0 Å². The Morgan fingerprint density at radius 1 is 0.429 bits per heavy atom. The molecule has 0 bridgehead atoms. The SMILES string of the molecule is ClC1(Cl)OC(Cl)(Cl)C(Cl)(Cl)OC1(Cl)Cl. The van der Waals surface area contributed by atoms with E-state index in [1.54, 1.807) is 0 Å². The van der Waals surface area contributed by atoms with E-state index in [0.29, 0.717) is 0 Å². The zero-order valence-corrected chi connectivity index (χ0v) is 11.9. The maximum Gasteiger partial charge on any atom is 0.279 e. The zero-order chi connectivity index (χ0) is 11.4. The molecule has 0 spiro atoms. The van der Waals surface area contributed by atoms with E-state index < -0.39 is 18.1 Å². The number of alkyl halides is 8. The van der Waals surface area contributed by atoms with Gasteiger partial charge in [-0.05, 0) is 0 Å². The van der Waals surface area contributed by atoms with Crippen LogP contribution in [0.4, 0.5) is 0 Å². The topological polar surface area (TPSA) is 18.5 Å². The van der Waals surface area contributed by atoms with Crippen molar-refractivity contribution in [3.05, 3.63) is 0 Å². The molecule has 1 rings (SSSR count). The Hall–Kier alpha value is 2.24. The first-order valence-electron chi connectivity index (χ1n) is 2.83. The average Bonchev–Trinajstić information content (AvgIpc) is 1.78. The molecule has 0 N–H and O–H groups in total. The lowest BCUT2D eigenvalue weighted by Crippen LogP contribution is -2.60. The predicted molar refractivity (Wildman–Crippen MR) is 59.9 cm³/mol. The van der Waals surface area contributed by atoms with Gasteiger partial charge in [0.25, 0.3) is 18.1 Å². The Morgan fingerprint density at radius 3 is 0.714 bits per heavy atom. The zero-order valence-electron chi connectivity index (χ0n) is 5.84. The molecule has 1 heterocycles. The standard InChI is InChI=1S/C4Cl8O2/c5-1(6)2(7,8)14-4(11,12)3(9,10)13-1. The Kier molecular flexibility index (Phi) is 3.96. The molecule has 0 aromatic heterocycles. The second kappa shape index (κ2) is 3.88. The summed E-state index contributed by atoms with van der Waals surface area (Å²) >= 11 is 44.3. The van der Waals surface area contributed by atoms with Crippen LogP contribution in [0, 0.1) is 0 Å². The molecule has 0 aromatic carbocycles. The van der Waals surface area contributed by atoms with E-state index in [1.807, 2.05) is 0 Å². The summed E-state index contributed by atoms with van der Waals surface area (Å²) in [6.45, 7) is 0. The first kappa shape index (κ1) is 14.3. The molecular weight excluding hydrogens is 364 g/mol. The van der Waals surface area contributed by atoms with Crippen LogP contribution in [0.1, 0.15) is 0 Å². The Labute approximate surface area is 119 Å². The summed E-state index contributed by atoms with van der Waals surface area (Å²) in [7, 11) is 0. The number of hydrogen-bond donors (Lipinski definition) is 0. The third kappa shape index (κ3) is 2.40. The molecule has 10 heteroatoms. The van der Waals surface area contributed by atoms with E-state index >= 15 is 0 Å². The molecular formula is C4Cl8O2. The van der Waals surface area contributed by atoms with Crippen LogP contribution in [-0.2, 0) is 9.47 Å². The highest BCUT2D eigenvalue weighted by atomic mass is 35.5. The van der Waals surface area contributed by atoms with Gasteiger partial charge in [0.15, 0.2) is 0 Å². The molecule has 0 amide bonds. The minimum atomic E-state index is -2.22. The highest BCUT2D eigenvalue weighted by molar-refractivity contribution is 6.65. The molecule has 0 unspecified atom stereocenters. The van der Waals surface area contributed by atoms with Gasteiger partial charge in [-0.2, -0.15) is 0 Å². The summed E-state index contributed by atoms with van der Waals surface area (Å²) in [5.74, 6) is 0. The first-order chi connectivity index (χ1) is 5.91. The van der Waals surface area contributed by atoms with E-state index in [2.05, 4.69) is 0 Å². The number of hydrogen-bond acceptors (Lipinski definition) is 2. The van der Waals surface area contributed by atoms with Gasteiger partial charge in [0.2, 0.25) is 0 Å². The van der Waals surface area contributed by atoms with Crippen LogP contribution < -0.4 is 0 Å². The van der Waals surface area contributed by atoms with Gasteiger partial charge in [-0.3, -0.25) is 0 Å². The summed E-state index contributed by atoms with van der Waals surface area (Å²) in [5, 5.41) is 0. The van der Waals surface area contributed by atoms with Gasteiger partial charge in [0.1, 0.15) is 0 Å². The third-order valence-corrected chi connectivity index (χ3v) is 4.71. The molecule has 1 fully saturated rings. The van der Waals surface area contributed by atoms with E-state index in [9.17, 15) is 0 Å². The fourth-order valence-electron chi connectivity index (χ4n) is 0.560. The van der Waals surface area contributed by atoms with Crippen molar-refractivity contribution in [1.29, 1.82) is 0 Å².